The van der Waals surface area contributed by atoms with Crippen molar-refractivity contribution in [1.82, 2.24) is 0 Å². The van der Waals surface area contributed by atoms with Gasteiger partial charge in [-0.1, -0.05) is 13.2 Å². The summed E-state index contributed by atoms with van der Waals surface area (Å²) in [4.78, 5) is 11.1. The number of hydrogen-bond acceptors (Lipinski definition) is 7. The summed E-state index contributed by atoms with van der Waals surface area (Å²) in [5.41, 5.74) is 0.293. The van der Waals surface area contributed by atoms with Crippen LogP contribution in [0.2, 0.25) is 0 Å². The standard InChI is InChI=1S/C15H22O7/c1-6-9(16)19-7-8(2)10(17)11-12(18-5)13-14(20-11)22-15(3,4)21-13/h6,10-14,17H,1-2,7H2,3-5H3/t10?,11-,12+,13-,14-/m1/s1. The lowest BCUT2D eigenvalue weighted by atomic mass is 10.0. The average molecular weight is 314 g/mol. The molecule has 7 heteroatoms. The first-order valence-corrected chi connectivity index (χ1v) is 6.98. The molecule has 0 saturated carbocycles. The molecule has 22 heavy (non-hydrogen) atoms. The number of rotatable bonds is 6. The number of ether oxygens (including phenoxy) is 5. The topological polar surface area (TPSA) is 83.5 Å². The monoisotopic (exact) mass is 314 g/mol. The van der Waals surface area contributed by atoms with Crippen LogP contribution in [-0.4, -0.2) is 61.3 Å². The molecule has 0 aromatic rings. The summed E-state index contributed by atoms with van der Waals surface area (Å²) >= 11 is 0. The van der Waals surface area contributed by atoms with Gasteiger partial charge in [0.2, 0.25) is 0 Å². The lowest BCUT2D eigenvalue weighted by molar-refractivity contribution is -0.225. The minimum Gasteiger partial charge on any atom is -0.458 e. The largest absolute Gasteiger partial charge is 0.458 e. The molecule has 0 aliphatic carbocycles. The van der Waals surface area contributed by atoms with Crippen molar-refractivity contribution in [1.29, 1.82) is 0 Å². The fourth-order valence-corrected chi connectivity index (χ4v) is 2.57. The van der Waals surface area contributed by atoms with Gasteiger partial charge in [-0.2, -0.15) is 0 Å². The third kappa shape index (κ3) is 3.39. The van der Waals surface area contributed by atoms with E-state index in [-0.39, 0.29) is 6.61 Å². The molecule has 0 radical (unpaired) electrons. The minimum atomic E-state index is -1.08. The molecule has 2 heterocycles. The first-order valence-electron chi connectivity index (χ1n) is 6.98. The summed E-state index contributed by atoms with van der Waals surface area (Å²) in [6.07, 6.45) is -2.34. The SMILES string of the molecule is C=CC(=O)OCC(=C)C(O)[C@H]1O[C@@H]2OC(C)(C)O[C@@H]2[C@H]1OC. The molecule has 2 rings (SSSR count). The predicted octanol–water partition coefficient (Wildman–Crippen LogP) is 0.524. The van der Waals surface area contributed by atoms with E-state index in [0.29, 0.717) is 5.57 Å². The zero-order chi connectivity index (χ0) is 16.5. The van der Waals surface area contributed by atoms with Crippen LogP contribution in [0.1, 0.15) is 13.8 Å². The molecule has 2 aliphatic heterocycles. The summed E-state index contributed by atoms with van der Waals surface area (Å²) < 4.78 is 27.3. The molecule has 0 bridgehead atoms. The maximum atomic E-state index is 11.1. The molecule has 0 aromatic heterocycles. The molecular weight excluding hydrogens is 292 g/mol. The van der Waals surface area contributed by atoms with E-state index in [2.05, 4.69) is 13.2 Å². The van der Waals surface area contributed by atoms with Crippen LogP contribution in [0.25, 0.3) is 0 Å². The van der Waals surface area contributed by atoms with Gasteiger partial charge in [0.05, 0.1) is 0 Å². The molecule has 0 amide bonds. The Balaban J connectivity index is 1.99. The average Bonchev–Trinajstić information content (AvgIpc) is 2.94. The second-order valence-electron chi connectivity index (χ2n) is 5.68. The van der Waals surface area contributed by atoms with Crippen LogP contribution in [-0.2, 0) is 28.5 Å². The number of fused-ring (bicyclic) bond motifs is 1. The van der Waals surface area contributed by atoms with E-state index in [1.807, 2.05) is 0 Å². The Bertz CT molecular complexity index is 459. The fraction of sp³-hybridized carbons (Fsp3) is 0.667. The van der Waals surface area contributed by atoms with Crippen molar-refractivity contribution in [2.24, 2.45) is 0 Å². The second kappa shape index (κ2) is 6.47. The van der Waals surface area contributed by atoms with Gasteiger partial charge in [-0.05, 0) is 19.4 Å². The minimum absolute atomic E-state index is 0.134. The van der Waals surface area contributed by atoms with E-state index in [0.717, 1.165) is 6.08 Å². The van der Waals surface area contributed by atoms with Crippen LogP contribution in [0.15, 0.2) is 24.8 Å². The van der Waals surface area contributed by atoms with Crippen molar-refractivity contribution < 1.29 is 33.6 Å². The van der Waals surface area contributed by atoms with Crippen LogP contribution in [0.4, 0.5) is 0 Å². The van der Waals surface area contributed by atoms with Crippen molar-refractivity contribution in [3.63, 3.8) is 0 Å². The molecule has 2 fully saturated rings. The predicted molar refractivity (Wildman–Crippen MR) is 75.8 cm³/mol. The maximum absolute atomic E-state index is 11.1. The van der Waals surface area contributed by atoms with Gasteiger partial charge in [0.15, 0.2) is 12.1 Å². The Morgan fingerprint density at radius 3 is 2.73 bits per heavy atom. The van der Waals surface area contributed by atoms with E-state index < -0.39 is 42.5 Å². The van der Waals surface area contributed by atoms with Crippen LogP contribution in [0.5, 0.6) is 0 Å². The summed E-state index contributed by atoms with van der Waals surface area (Å²) in [7, 11) is 1.51. The molecule has 5 atom stereocenters. The number of hydrogen-bond donors (Lipinski definition) is 1. The van der Waals surface area contributed by atoms with Crippen LogP contribution in [0.3, 0.4) is 0 Å². The van der Waals surface area contributed by atoms with Crippen molar-refractivity contribution in [3.05, 3.63) is 24.8 Å². The van der Waals surface area contributed by atoms with Crippen molar-refractivity contribution in [3.8, 4) is 0 Å². The number of methoxy groups -OCH3 is 1. The third-order valence-electron chi connectivity index (χ3n) is 3.60. The molecule has 1 unspecified atom stereocenters. The summed E-state index contributed by atoms with van der Waals surface area (Å²) in [6, 6.07) is 0. The first kappa shape index (κ1) is 17.1. The lowest BCUT2D eigenvalue weighted by Crippen LogP contribution is -2.43. The highest BCUT2D eigenvalue weighted by Gasteiger charge is 2.57. The van der Waals surface area contributed by atoms with Crippen molar-refractivity contribution in [2.75, 3.05) is 13.7 Å². The number of esters is 1. The molecular formula is C15H22O7. The second-order valence-corrected chi connectivity index (χ2v) is 5.68. The molecule has 0 spiro atoms. The smallest absolute Gasteiger partial charge is 0.330 e. The zero-order valence-corrected chi connectivity index (χ0v) is 13.0. The van der Waals surface area contributed by atoms with E-state index in [9.17, 15) is 9.90 Å². The molecule has 0 aromatic carbocycles. The molecule has 124 valence electrons. The van der Waals surface area contributed by atoms with Crippen LogP contribution in [0, 0.1) is 0 Å². The zero-order valence-electron chi connectivity index (χ0n) is 13.0. The number of carbonyl (C=O) groups excluding carboxylic acids is 1. The maximum Gasteiger partial charge on any atom is 0.330 e. The van der Waals surface area contributed by atoms with Gasteiger partial charge < -0.3 is 28.8 Å². The normalized spacial score (nSPS) is 34.0. The van der Waals surface area contributed by atoms with Crippen LogP contribution < -0.4 is 0 Å². The number of aliphatic hydroxyl groups is 1. The van der Waals surface area contributed by atoms with E-state index in [1.54, 1.807) is 13.8 Å². The Morgan fingerprint density at radius 2 is 2.14 bits per heavy atom. The highest BCUT2D eigenvalue weighted by molar-refractivity contribution is 5.81. The van der Waals surface area contributed by atoms with Gasteiger partial charge in [-0.3, -0.25) is 0 Å². The quantitative estimate of drug-likeness (QED) is 0.435. The van der Waals surface area contributed by atoms with Gasteiger partial charge in [0, 0.05) is 13.2 Å². The van der Waals surface area contributed by atoms with Gasteiger partial charge in [-0.15, -0.1) is 0 Å². The Hall–Kier alpha value is -1.25. The third-order valence-corrected chi connectivity index (χ3v) is 3.60. The van der Waals surface area contributed by atoms with Gasteiger partial charge in [0.25, 0.3) is 0 Å². The summed E-state index contributed by atoms with van der Waals surface area (Å²) in [5, 5.41) is 10.4. The Labute approximate surface area is 129 Å². The van der Waals surface area contributed by atoms with E-state index in [4.69, 9.17) is 23.7 Å². The summed E-state index contributed by atoms with van der Waals surface area (Å²) in [6.45, 7) is 10.4. The molecule has 2 aliphatic rings. The Kier molecular flexibility index (Phi) is 5.03. The van der Waals surface area contributed by atoms with Gasteiger partial charge >= 0.3 is 5.97 Å². The number of aliphatic hydroxyl groups excluding tert-OH is 1. The molecule has 2 saturated heterocycles. The highest BCUT2D eigenvalue weighted by Crippen LogP contribution is 2.40. The summed E-state index contributed by atoms with van der Waals surface area (Å²) in [5.74, 6) is -1.35. The molecule has 7 nitrogen and oxygen atoms in total. The molecule has 1 N–H and O–H groups in total. The lowest BCUT2D eigenvalue weighted by Gasteiger charge is -2.28. The first-order chi connectivity index (χ1) is 10.3. The fourth-order valence-electron chi connectivity index (χ4n) is 2.57. The van der Waals surface area contributed by atoms with Crippen molar-refractivity contribution in [2.45, 2.75) is 50.3 Å². The van der Waals surface area contributed by atoms with E-state index in [1.165, 1.54) is 7.11 Å². The van der Waals surface area contributed by atoms with Gasteiger partial charge in [-0.25, -0.2) is 4.79 Å². The Morgan fingerprint density at radius 1 is 1.45 bits per heavy atom. The van der Waals surface area contributed by atoms with Crippen molar-refractivity contribution >= 4 is 5.97 Å². The van der Waals surface area contributed by atoms with Crippen LogP contribution >= 0.6 is 0 Å². The highest BCUT2D eigenvalue weighted by atomic mass is 16.8. The van der Waals surface area contributed by atoms with E-state index >= 15 is 0 Å². The van der Waals surface area contributed by atoms with Gasteiger partial charge in [0.1, 0.15) is 31.0 Å². The number of carbonyl (C=O) groups is 1.